The highest BCUT2D eigenvalue weighted by Crippen LogP contribution is 2.28. The number of hydrogen-bond acceptors (Lipinski definition) is 3. The van der Waals surface area contributed by atoms with E-state index in [2.05, 4.69) is 4.98 Å². The van der Waals surface area contributed by atoms with Gasteiger partial charge in [-0.15, -0.1) is 11.3 Å². The Labute approximate surface area is 108 Å². The largest absolute Gasteiger partial charge is 0.322 e. The zero-order valence-corrected chi connectivity index (χ0v) is 10.7. The molecular formula is C11H10Cl2N2S. The molecule has 0 saturated heterocycles. The Morgan fingerprint density at radius 1 is 1.31 bits per heavy atom. The van der Waals surface area contributed by atoms with E-state index in [1.165, 1.54) is 11.3 Å². The molecule has 0 fully saturated rings. The monoisotopic (exact) mass is 272 g/mol. The zero-order chi connectivity index (χ0) is 11.5. The van der Waals surface area contributed by atoms with E-state index in [9.17, 15) is 0 Å². The molecule has 1 unspecified atom stereocenters. The minimum Gasteiger partial charge on any atom is -0.322 e. The van der Waals surface area contributed by atoms with Crippen LogP contribution in [0.2, 0.25) is 10.0 Å². The number of hydrogen-bond donors (Lipinski definition) is 1. The van der Waals surface area contributed by atoms with Crippen LogP contribution in [0.3, 0.4) is 0 Å². The van der Waals surface area contributed by atoms with Crippen LogP contribution in [-0.4, -0.2) is 4.98 Å². The quantitative estimate of drug-likeness (QED) is 0.926. The molecule has 0 saturated carbocycles. The lowest BCUT2D eigenvalue weighted by molar-refractivity contribution is 0.702. The van der Waals surface area contributed by atoms with Crippen LogP contribution in [0, 0.1) is 0 Å². The number of halogens is 2. The maximum Gasteiger partial charge on any atom is 0.0795 e. The van der Waals surface area contributed by atoms with Gasteiger partial charge < -0.3 is 5.73 Å². The molecule has 2 aromatic rings. The predicted octanol–water partition coefficient (Wildman–Crippen LogP) is 3.69. The van der Waals surface area contributed by atoms with Crippen molar-refractivity contribution >= 4 is 34.5 Å². The molecule has 2 rings (SSSR count). The Hall–Kier alpha value is -0.610. The Bertz CT molecular complexity index is 451. The van der Waals surface area contributed by atoms with Crippen molar-refractivity contribution in [2.75, 3.05) is 0 Å². The first-order valence-corrected chi connectivity index (χ1v) is 6.45. The van der Waals surface area contributed by atoms with Crippen molar-refractivity contribution < 1.29 is 0 Å². The van der Waals surface area contributed by atoms with Crippen molar-refractivity contribution in [3.63, 3.8) is 0 Å². The average Bonchev–Trinajstić information content (AvgIpc) is 2.76. The molecule has 1 aromatic heterocycles. The minimum absolute atomic E-state index is 0.163. The molecule has 0 aliphatic rings. The Morgan fingerprint density at radius 2 is 2.00 bits per heavy atom. The molecule has 1 aromatic carbocycles. The van der Waals surface area contributed by atoms with Gasteiger partial charge in [-0.05, 0) is 24.1 Å². The molecule has 0 radical (unpaired) electrons. The lowest BCUT2D eigenvalue weighted by atomic mass is 10.0. The second-order valence-electron chi connectivity index (χ2n) is 3.42. The van der Waals surface area contributed by atoms with Crippen molar-refractivity contribution in [1.29, 1.82) is 0 Å². The van der Waals surface area contributed by atoms with Gasteiger partial charge in [-0.2, -0.15) is 0 Å². The van der Waals surface area contributed by atoms with E-state index in [1.807, 2.05) is 23.6 Å². The first kappa shape index (κ1) is 11.9. The fourth-order valence-electron chi connectivity index (χ4n) is 1.46. The van der Waals surface area contributed by atoms with Crippen LogP contribution in [0.4, 0.5) is 0 Å². The summed E-state index contributed by atoms with van der Waals surface area (Å²) in [6.45, 7) is 0. The van der Waals surface area contributed by atoms with E-state index in [0.29, 0.717) is 16.5 Å². The van der Waals surface area contributed by atoms with E-state index in [4.69, 9.17) is 28.9 Å². The number of benzene rings is 1. The van der Waals surface area contributed by atoms with E-state index >= 15 is 0 Å². The number of nitrogens with zero attached hydrogens (tertiary/aromatic N) is 1. The molecule has 5 heteroatoms. The first-order valence-electron chi connectivity index (χ1n) is 4.75. The normalized spacial score (nSPS) is 12.7. The van der Waals surface area contributed by atoms with Gasteiger partial charge >= 0.3 is 0 Å². The molecule has 1 heterocycles. The molecule has 2 nitrogen and oxygen atoms in total. The topological polar surface area (TPSA) is 38.9 Å². The molecule has 0 amide bonds. The maximum absolute atomic E-state index is 6.08. The maximum atomic E-state index is 6.08. The third kappa shape index (κ3) is 2.55. The van der Waals surface area contributed by atoms with Gasteiger partial charge in [-0.25, -0.2) is 4.98 Å². The lowest BCUT2D eigenvalue weighted by Crippen LogP contribution is -2.14. The fraction of sp³-hybridized carbons (Fsp3) is 0.182. The van der Waals surface area contributed by atoms with Crippen molar-refractivity contribution in [1.82, 2.24) is 4.98 Å². The lowest BCUT2D eigenvalue weighted by Gasteiger charge is -2.11. The molecule has 0 aliphatic carbocycles. The van der Waals surface area contributed by atoms with Crippen LogP contribution in [0.5, 0.6) is 0 Å². The third-order valence-corrected chi connectivity index (χ3v) is 3.63. The molecule has 16 heavy (non-hydrogen) atoms. The standard InChI is InChI=1S/C11H10Cl2N2S/c12-8-2-1-3-9(13)7(8)4-10(14)11-5-16-6-15-11/h1-3,5-6,10H,4,14H2. The number of nitrogens with two attached hydrogens (primary N) is 1. The molecule has 1 atom stereocenters. The summed E-state index contributed by atoms with van der Waals surface area (Å²) in [4.78, 5) is 4.18. The Kier molecular flexibility index (Phi) is 3.82. The molecule has 84 valence electrons. The van der Waals surface area contributed by atoms with E-state index in [0.717, 1.165) is 11.3 Å². The molecule has 2 N–H and O–H groups in total. The van der Waals surface area contributed by atoms with Crippen molar-refractivity contribution in [3.8, 4) is 0 Å². The summed E-state index contributed by atoms with van der Waals surface area (Å²) in [6.07, 6.45) is 0.599. The second kappa shape index (κ2) is 5.15. The van der Waals surface area contributed by atoms with E-state index in [-0.39, 0.29) is 6.04 Å². The summed E-state index contributed by atoms with van der Waals surface area (Å²) in [5.74, 6) is 0. The highest BCUT2D eigenvalue weighted by atomic mass is 35.5. The smallest absolute Gasteiger partial charge is 0.0795 e. The van der Waals surface area contributed by atoms with Gasteiger partial charge in [-0.1, -0.05) is 29.3 Å². The average molecular weight is 273 g/mol. The molecule has 0 aliphatic heterocycles. The Morgan fingerprint density at radius 3 is 2.56 bits per heavy atom. The first-order chi connectivity index (χ1) is 7.68. The zero-order valence-electron chi connectivity index (χ0n) is 8.36. The van der Waals surface area contributed by atoms with Gasteiger partial charge in [0.05, 0.1) is 17.2 Å². The summed E-state index contributed by atoms with van der Waals surface area (Å²) in [5, 5.41) is 3.24. The Balaban J connectivity index is 2.21. The SMILES string of the molecule is NC(Cc1c(Cl)cccc1Cl)c1cscn1. The van der Waals surface area contributed by atoms with Crippen molar-refractivity contribution in [2.45, 2.75) is 12.5 Å². The summed E-state index contributed by atoms with van der Waals surface area (Å²) in [6, 6.07) is 5.29. The number of thiazole rings is 1. The molecule has 0 spiro atoms. The van der Waals surface area contributed by atoms with Crippen LogP contribution in [-0.2, 0) is 6.42 Å². The van der Waals surface area contributed by atoms with Gasteiger partial charge in [0.2, 0.25) is 0 Å². The highest BCUT2D eigenvalue weighted by Gasteiger charge is 2.13. The molecule has 0 bridgehead atoms. The van der Waals surface area contributed by atoms with Crippen molar-refractivity contribution in [3.05, 3.63) is 50.4 Å². The van der Waals surface area contributed by atoms with Crippen LogP contribution in [0.1, 0.15) is 17.3 Å². The van der Waals surface area contributed by atoms with Gasteiger partial charge in [0.25, 0.3) is 0 Å². The van der Waals surface area contributed by atoms with E-state index < -0.39 is 0 Å². The predicted molar refractivity (Wildman–Crippen MR) is 69.2 cm³/mol. The minimum atomic E-state index is -0.163. The van der Waals surface area contributed by atoms with Crippen LogP contribution in [0.25, 0.3) is 0 Å². The highest BCUT2D eigenvalue weighted by molar-refractivity contribution is 7.07. The summed E-state index contributed by atoms with van der Waals surface area (Å²) in [5.41, 5.74) is 9.56. The summed E-state index contributed by atoms with van der Waals surface area (Å²) < 4.78 is 0. The van der Waals surface area contributed by atoms with Gasteiger partial charge in [0.15, 0.2) is 0 Å². The molecular weight excluding hydrogens is 263 g/mol. The number of aromatic nitrogens is 1. The fourth-order valence-corrected chi connectivity index (χ4v) is 2.63. The van der Waals surface area contributed by atoms with Crippen LogP contribution < -0.4 is 5.73 Å². The van der Waals surface area contributed by atoms with Crippen molar-refractivity contribution in [2.24, 2.45) is 5.73 Å². The third-order valence-electron chi connectivity index (χ3n) is 2.32. The van der Waals surface area contributed by atoms with Gasteiger partial charge in [-0.3, -0.25) is 0 Å². The van der Waals surface area contributed by atoms with E-state index in [1.54, 1.807) is 5.51 Å². The summed E-state index contributed by atoms with van der Waals surface area (Å²) >= 11 is 13.7. The van der Waals surface area contributed by atoms with Gasteiger partial charge in [0, 0.05) is 15.4 Å². The summed E-state index contributed by atoms with van der Waals surface area (Å²) in [7, 11) is 0. The van der Waals surface area contributed by atoms with Gasteiger partial charge in [0.1, 0.15) is 0 Å². The van der Waals surface area contributed by atoms with Crippen LogP contribution >= 0.6 is 34.5 Å². The second-order valence-corrected chi connectivity index (χ2v) is 4.96. The number of rotatable bonds is 3. The van der Waals surface area contributed by atoms with Crippen LogP contribution in [0.15, 0.2) is 29.1 Å².